The first-order chi connectivity index (χ1) is 39.8. The van der Waals surface area contributed by atoms with Gasteiger partial charge >= 0.3 is 24.2 Å². The van der Waals surface area contributed by atoms with Gasteiger partial charge in [-0.2, -0.15) is 44.8 Å². The SMILES string of the molecule is COc1ccc(CC#N)cc1.COc1ccc(CC2(CC(=O)C(F)(F)F)CC2)cc1.COc1ccc(CC2(CC(=O)C(F)(F)F)CC2)cc1N.COc1ccc(CC2(CC(=O)C(F)(F)F)CC2)cc1[N+](=O)[O-].COc1ccc(CC2(N)CC2)cc1. The highest BCUT2D eigenvalue weighted by Crippen LogP contribution is 2.55. The summed E-state index contributed by atoms with van der Waals surface area (Å²) < 4.78 is 136. The van der Waals surface area contributed by atoms with Crippen molar-refractivity contribution in [2.24, 2.45) is 22.0 Å². The third-order valence-corrected chi connectivity index (χ3v) is 15.1. The Morgan fingerprint density at radius 1 is 0.494 bits per heavy atom. The summed E-state index contributed by atoms with van der Waals surface area (Å²) >= 11 is 0. The molecule has 0 aliphatic heterocycles. The third-order valence-electron chi connectivity index (χ3n) is 15.1. The summed E-state index contributed by atoms with van der Waals surface area (Å²) in [4.78, 5) is 43.6. The van der Waals surface area contributed by atoms with Crippen LogP contribution in [0.3, 0.4) is 0 Å². The van der Waals surface area contributed by atoms with Crippen molar-refractivity contribution in [1.29, 1.82) is 5.26 Å². The molecule has 85 heavy (non-hydrogen) atoms. The molecule has 14 nitrogen and oxygen atoms in total. The number of hydrogen-bond donors (Lipinski definition) is 2. The number of ether oxygens (including phenoxy) is 5. The molecule has 460 valence electrons. The van der Waals surface area contributed by atoms with Crippen LogP contribution in [0.25, 0.3) is 0 Å². The molecule has 0 heterocycles. The highest BCUT2D eigenvalue weighted by atomic mass is 19.4. The van der Waals surface area contributed by atoms with Crippen LogP contribution in [0.5, 0.6) is 28.7 Å². The van der Waals surface area contributed by atoms with Gasteiger partial charge in [-0.25, -0.2) is 0 Å². The predicted molar refractivity (Wildman–Crippen MR) is 298 cm³/mol. The number of nitrogens with two attached hydrogens (primary N) is 2. The van der Waals surface area contributed by atoms with Gasteiger partial charge < -0.3 is 35.2 Å². The molecule has 5 aromatic carbocycles. The van der Waals surface area contributed by atoms with Crippen molar-refractivity contribution in [3.63, 3.8) is 0 Å². The van der Waals surface area contributed by atoms with Crippen molar-refractivity contribution in [2.75, 3.05) is 41.3 Å². The summed E-state index contributed by atoms with van der Waals surface area (Å²) in [6.07, 6.45) is -7.10. The van der Waals surface area contributed by atoms with Crippen molar-refractivity contribution in [3.05, 3.63) is 147 Å². The van der Waals surface area contributed by atoms with Gasteiger partial charge in [0.2, 0.25) is 17.3 Å². The van der Waals surface area contributed by atoms with Crippen LogP contribution in [-0.2, 0) is 46.5 Å². The first kappa shape index (κ1) is 67.9. The normalized spacial score (nSPS) is 15.9. The zero-order valence-electron chi connectivity index (χ0n) is 47.7. The van der Waals surface area contributed by atoms with E-state index in [-0.39, 0.29) is 23.4 Å². The molecule has 4 aliphatic carbocycles. The van der Waals surface area contributed by atoms with Crippen molar-refractivity contribution >= 4 is 28.7 Å². The average molecular weight is 1200 g/mol. The maximum absolute atomic E-state index is 12.4. The van der Waals surface area contributed by atoms with Gasteiger partial charge in [0.15, 0.2) is 5.75 Å². The molecule has 4 N–H and O–H groups in total. The van der Waals surface area contributed by atoms with Gasteiger partial charge in [0.25, 0.3) is 0 Å². The quantitative estimate of drug-likeness (QED) is 0.0303. The van der Waals surface area contributed by atoms with E-state index in [1.54, 1.807) is 57.7 Å². The van der Waals surface area contributed by atoms with Gasteiger partial charge in [-0.05, 0) is 176 Å². The largest absolute Gasteiger partial charge is 0.497 e. The van der Waals surface area contributed by atoms with Crippen LogP contribution < -0.4 is 35.2 Å². The highest BCUT2D eigenvalue weighted by Gasteiger charge is 2.52. The van der Waals surface area contributed by atoms with Crippen LogP contribution in [0.2, 0.25) is 0 Å². The Kier molecular flexibility index (Phi) is 23.0. The number of carbonyl (C=O) groups is 3. The third kappa shape index (κ3) is 21.9. The first-order valence-electron chi connectivity index (χ1n) is 26.9. The number of rotatable bonds is 21. The number of nitro groups is 1. The standard InChI is InChI=1S/C14H14F3NO4.C14H16F3NO2.C14H15F3O2.C11H15NO.C9H9NO/c1-22-11-3-2-9(6-10(11)18(20)21)7-13(4-5-13)8-12(19)14(15,16)17;1-20-11-3-2-9(6-10(11)18)7-13(4-5-13)8-12(19)14(15,16)17;1-19-11-4-2-10(3-5-11)8-13(6-7-13)9-12(18)14(15,16)17;1-13-10-4-2-9(3-5-10)8-11(12)6-7-11;1-11-9-4-2-8(3-5-9)6-7-10/h2-3,6H,4-5,7-8H2,1H3;2-3,6H,4-5,7-8,18H2,1H3;2-5H,6-9H2,1H3;2-5H,6-8,12H2,1H3;2-5H,6H2,1H3. The van der Waals surface area contributed by atoms with Gasteiger partial charge in [0, 0.05) is 30.9 Å². The van der Waals surface area contributed by atoms with Crippen molar-refractivity contribution in [2.45, 2.75) is 127 Å². The molecule has 0 amide bonds. The number of nitriles is 1. The van der Waals surface area contributed by atoms with E-state index in [2.05, 4.69) is 18.2 Å². The molecule has 0 bridgehead atoms. The van der Waals surface area contributed by atoms with Crippen molar-refractivity contribution in [3.8, 4) is 34.8 Å². The van der Waals surface area contributed by atoms with Crippen molar-refractivity contribution < 1.29 is 82.5 Å². The van der Waals surface area contributed by atoms with Crippen LogP contribution in [0.1, 0.15) is 98.4 Å². The average Bonchev–Trinajstić information content (AvgIpc) is 2.46. The molecule has 4 fully saturated rings. The Morgan fingerprint density at radius 3 is 1.11 bits per heavy atom. The molecule has 9 rings (SSSR count). The van der Waals surface area contributed by atoms with Gasteiger partial charge in [-0.3, -0.25) is 24.5 Å². The number of nitrogens with zero attached hydrogens (tertiary/aromatic N) is 2. The lowest BCUT2D eigenvalue weighted by Gasteiger charge is -2.16. The summed E-state index contributed by atoms with van der Waals surface area (Å²) in [5, 5.41) is 19.3. The molecule has 4 aliphatic rings. The van der Waals surface area contributed by atoms with E-state index in [9.17, 15) is 64.0 Å². The molecule has 0 atom stereocenters. The number of alkyl halides is 9. The summed E-state index contributed by atoms with van der Waals surface area (Å²) in [6.45, 7) is 0. The zero-order chi connectivity index (χ0) is 63.0. The Hall–Kier alpha value is -7.87. The second-order valence-corrected chi connectivity index (χ2v) is 22.1. The lowest BCUT2D eigenvalue weighted by atomic mass is 9.91. The lowest BCUT2D eigenvalue weighted by molar-refractivity contribution is -0.385. The number of hydrogen-bond acceptors (Lipinski definition) is 13. The number of anilines is 1. The number of methoxy groups -OCH3 is 5. The molecular formula is C62H69F9N4O10. The maximum atomic E-state index is 12.4. The molecule has 0 saturated heterocycles. The summed E-state index contributed by atoms with van der Waals surface area (Å²) in [5.74, 6) is -1.93. The maximum Gasteiger partial charge on any atom is 0.449 e. The van der Waals surface area contributed by atoms with Crippen LogP contribution in [0.15, 0.2) is 109 Å². The highest BCUT2D eigenvalue weighted by molar-refractivity contribution is 5.86. The fourth-order valence-corrected chi connectivity index (χ4v) is 9.35. The number of carbonyl (C=O) groups excluding carboxylic acids is 3. The molecule has 4 saturated carbocycles. The van der Waals surface area contributed by atoms with E-state index in [1.807, 2.05) is 48.5 Å². The second kappa shape index (κ2) is 28.8. The minimum absolute atomic E-state index is 0.0879. The lowest BCUT2D eigenvalue weighted by Crippen LogP contribution is -2.26. The predicted octanol–water partition coefficient (Wildman–Crippen LogP) is 13.6. The van der Waals surface area contributed by atoms with Gasteiger partial charge in [0.1, 0.15) is 23.0 Å². The minimum atomic E-state index is -4.83. The van der Waals surface area contributed by atoms with E-state index in [0.29, 0.717) is 80.5 Å². The first-order valence-corrected chi connectivity index (χ1v) is 26.9. The van der Waals surface area contributed by atoms with E-state index in [0.717, 1.165) is 34.6 Å². The van der Waals surface area contributed by atoms with E-state index in [1.165, 1.54) is 44.8 Å². The monoisotopic (exact) mass is 1200 g/mol. The summed E-state index contributed by atoms with van der Waals surface area (Å²) in [6, 6.07) is 34.4. The van der Waals surface area contributed by atoms with E-state index < -0.39 is 76.3 Å². The van der Waals surface area contributed by atoms with Gasteiger partial charge in [-0.1, -0.05) is 48.5 Å². The van der Waals surface area contributed by atoms with Gasteiger partial charge in [-0.15, -0.1) is 0 Å². The number of ketones is 3. The Morgan fingerprint density at radius 2 is 0.812 bits per heavy atom. The van der Waals surface area contributed by atoms with E-state index >= 15 is 0 Å². The number of benzene rings is 5. The summed E-state index contributed by atoms with van der Waals surface area (Å²) in [5.41, 5.74) is 15.0. The second-order valence-electron chi connectivity index (χ2n) is 22.1. The number of nitrogen functional groups attached to an aromatic ring is 1. The number of Topliss-reactive ketones (excluding diaryl/α,β-unsaturated/α-hetero) is 3. The number of halogens is 9. The van der Waals surface area contributed by atoms with E-state index in [4.69, 9.17) is 40.4 Å². The fraction of sp³-hybridized carbons (Fsp3) is 0.452. The van der Waals surface area contributed by atoms with Crippen LogP contribution in [-0.4, -0.2) is 81.9 Å². The minimum Gasteiger partial charge on any atom is -0.497 e. The Labute approximate surface area is 487 Å². The topological polar surface area (TPSA) is 216 Å². The molecule has 0 unspecified atom stereocenters. The Balaban J connectivity index is 0.000000198. The van der Waals surface area contributed by atoms with Crippen LogP contribution >= 0.6 is 0 Å². The van der Waals surface area contributed by atoms with Gasteiger partial charge in [0.05, 0.1) is 58.6 Å². The Bertz CT molecular complexity index is 3090. The van der Waals surface area contributed by atoms with Crippen molar-refractivity contribution in [1.82, 2.24) is 0 Å². The molecule has 0 spiro atoms. The molecule has 5 aromatic rings. The molecule has 23 heteroatoms. The summed E-state index contributed by atoms with van der Waals surface area (Å²) in [7, 11) is 7.65. The molecule has 0 aromatic heterocycles. The van der Waals surface area contributed by atoms with Crippen LogP contribution in [0, 0.1) is 37.7 Å². The fourth-order valence-electron chi connectivity index (χ4n) is 9.35. The number of nitro benzene ring substituents is 1. The molecular weight excluding hydrogens is 1130 g/mol. The van der Waals surface area contributed by atoms with Crippen LogP contribution in [0.4, 0.5) is 50.9 Å². The molecule has 0 radical (unpaired) electrons. The smallest absolute Gasteiger partial charge is 0.449 e. The zero-order valence-corrected chi connectivity index (χ0v) is 47.7.